The zero-order valence-corrected chi connectivity index (χ0v) is 12.6. The number of carbonyl (C=O) groups is 1. The highest BCUT2D eigenvalue weighted by Gasteiger charge is 2.19. The van der Waals surface area contributed by atoms with Gasteiger partial charge in [0.25, 0.3) is 5.91 Å². The molecule has 0 aliphatic carbocycles. The minimum absolute atomic E-state index is 0.0193. The van der Waals surface area contributed by atoms with E-state index in [1.54, 1.807) is 7.11 Å². The molecule has 1 aromatic rings. The number of nitrogens with one attached hydrogen (secondary N) is 1. The zero-order chi connectivity index (χ0) is 15.0. The Morgan fingerprint density at radius 2 is 2.05 bits per heavy atom. The number of amides is 1. The molecule has 0 saturated carbocycles. The molecule has 2 N–H and O–H groups in total. The maximum absolute atomic E-state index is 12.2. The molecule has 1 aromatic carbocycles. The van der Waals surface area contributed by atoms with Gasteiger partial charge in [-0.05, 0) is 29.9 Å². The molecule has 0 atom stereocenters. The summed E-state index contributed by atoms with van der Waals surface area (Å²) in [6.45, 7) is 5.38. The van der Waals surface area contributed by atoms with Gasteiger partial charge < -0.3 is 15.2 Å². The van der Waals surface area contributed by atoms with Crippen molar-refractivity contribution in [3.63, 3.8) is 0 Å². The summed E-state index contributed by atoms with van der Waals surface area (Å²) in [5.41, 5.74) is 1.53. The van der Waals surface area contributed by atoms with Gasteiger partial charge in [0.1, 0.15) is 0 Å². The first-order chi connectivity index (χ1) is 9.50. The van der Waals surface area contributed by atoms with Gasteiger partial charge >= 0.3 is 0 Å². The van der Waals surface area contributed by atoms with E-state index in [0.29, 0.717) is 18.7 Å². The van der Waals surface area contributed by atoms with Crippen LogP contribution in [0.4, 0.5) is 0 Å². The van der Waals surface area contributed by atoms with E-state index in [-0.39, 0.29) is 17.9 Å². The number of aliphatic hydroxyl groups is 1. The minimum Gasteiger partial charge on any atom is -0.396 e. The van der Waals surface area contributed by atoms with E-state index < -0.39 is 0 Å². The second-order valence-electron chi connectivity index (χ2n) is 5.76. The maximum atomic E-state index is 12.2. The lowest BCUT2D eigenvalue weighted by molar-refractivity contribution is 0.0928. The second-order valence-corrected chi connectivity index (χ2v) is 5.76. The van der Waals surface area contributed by atoms with E-state index in [1.165, 1.54) is 0 Å². The highest BCUT2D eigenvalue weighted by molar-refractivity contribution is 5.95. The summed E-state index contributed by atoms with van der Waals surface area (Å²) in [7, 11) is 1.62. The van der Waals surface area contributed by atoms with Crippen LogP contribution in [-0.4, -0.2) is 31.3 Å². The van der Waals surface area contributed by atoms with E-state index in [9.17, 15) is 4.79 Å². The molecule has 0 aliphatic heterocycles. The Labute approximate surface area is 121 Å². The number of carbonyl (C=O) groups excluding carboxylic acids is 1. The van der Waals surface area contributed by atoms with Crippen molar-refractivity contribution < 1.29 is 14.6 Å². The van der Waals surface area contributed by atoms with Crippen molar-refractivity contribution in [3.05, 3.63) is 35.4 Å². The molecule has 0 saturated heterocycles. The van der Waals surface area contributed by atoms with E-state index in [1.807, 2.05) is 24.3 Å². The van der Waals surface area contributed by atoms with Gasteiger partial charge in [-0.1, -0.05) is 32.0 Å². The first kappa shape index (κ1) is 16.7. The molecule has 0 unspecified atom stereocenters. The Bertz CT molecular complexity index is 429. The van der Waals surface area contributed by atoms with Crippen molar-refractivity contribution in [2.75, 3.05) is 20.3 Å². The first-order valence-corrected chi connectivity index (χ1v) is 6.96. The molecule has 0 bridgehead atoms. The molecule has 1 rings (SSSR count). The van der Waals surface area contributed by atoms with Crippen LogP contribution in [0.2, 0.25) is 0 Å². The quantitative estimate of drug-likeness (QED) is 0.768. The Kier molecular flexibility index (Phi) is 6.68. The number of methoxy groups -OCH3 is 1. The van der Waals surface area contributed by atoms with Crippen LogP contribution in [0.3, 0.4) is 0 Å². The Morgan fingerprint density at radius 1 is 1.35 bits per heavy atom. The lowest BCUT2D eigenvalue weighted by Crippen LogP contribution is -2.34. The first-order valence-electron chi connectivity index (χ1n) is 6.96. The summed E-state index contributed by atoms with van der Waals surface area (Å²) in [6.07, 6.45) is 1.63. The summed E-state index contributed by atoms with van der Waals surface area (Å²) in [5.74, 6) is -0.0743. The Morgan fingerprint density at radius 3 is 2.70 bits per heavy atom. The predicted molar refractivity (Wildman–Crippen MR) is 79.6 cm³/mol. The van der Waals surface area contributed by atoms with Gasteiger partial charge in [0, 0.05) is 25.8 Å². The van der Waals surface area contributed by atoms with Crippen molar-refractivity contribution in [1.29, 1.82) is 0 Å². The van der Waals surface area contributed by atoms with Crippen molar-refractivity contribution in [1.82, 2.24) is 5.32 Å². The van der Waals surface area contributed by atoms with Gasteiger partial charge in [-0.3, -0.25) is 4.79 Å². The standard InChI is InChI=1S/C16H25NO3/c1-16(2,9-6-10-18)12-17-15(19)14-8-5-4-7-13(14)11-20-3/h4-5,7-8,18H,6,9-12H2,1-3H3,(H,17,19). The van der Waals surface area contributed by atoms with Crippen LogP contribution in [0.1, 0.15) is 42.6 Å². The lowest BCUT2D eigenvalue weighted by atomic mass is 9.88. The van der Waals surface area contributed by atoms with E-state index in [0.717, 1.165) is 18.4 Å². The zero-order valence-electron chi connectivity index (χ0n) is 12.6. The van der Waals surface area contributed by atoms with Crippen LogP contribution in [0.15, 0.2) is 24.3 Å². The third-order valence-electron chi connectivity index (χ3n) is 3.30. The topological polar surface area (TPSA) is 58.6 Å². The second kappa shape index (κ2) is 8.02. The summed E-state index contributed by atoms with van der Waals surface area (Å²) in [4.78, 5) is 12.2. The fraction of sp³-hybridized carbons (Fsp3) is 0.562. The van der Waals surface area contributed by atoms with Gasteiger partial charge in [0.2, 0.25) is 0 Å². The smallest absolute Gasteiger partial charge is 0.251 e. The van der Waals surface area contributed by atoms with E-state index in [4.69, 9.17) is 9.84 Å². The Balaban J connectivity index is 2.63. The van der Waals surface area contributed by atoms with E-state index in [2.05, 4.69) is 19.2 Å². The molecule has 0 aliphatic rings. The highest BCUT2D eigenvalue weighted by atomic mass is 16.5. The van der Waals surface area contributed by atoms with Gasteiger partial charge in [0.05, 0.1) is 6.61 Å². The van der Waals surface area contributed by atoms with Crippen molar-refractivity contribution in [2.45, 2.75) is 33.3 Å². The van der Waals surface area contributed by atoms with Crippen LogP contribution >= 0.6 is 0 Å². The molecule has 4 nitrogen and oxygen atoms in total. The van der Waals surface area contributed by atoms with Crippen LogP contribution in [0, 0.1) is 5.41 Å². The van der Waals surface area contributed by atoms with Crippen LogP contribution in [0.5, 0.6) is 0 Å². The monoisotopic (exact) mass is 279 g/mol. The largest absolute Gasteiger partial charge is 0.396 e. The summed E-state index contributed by atoms with van der Waals surface area (Å²) < 4.78 is 5.11. The number of rotatable bonds is 8. The number of ether oxygens (including phenoxy) is 1. The fourth-order valence-electron chi connectivity index (χ4n) is 2.08. The van der Waals surface area contributed by atoms with Gasteiger partial charge in [-0.25, -0.2) is 0 Å². The number of aliphatic hydroxyl groups excluding tert-OH is 1. The molecular weight excluding hydrogens is 254 g/mol. The van der Waals surface area contributed by atoms with Crippen LogP contribution in [0.25, 0.3) is 0 Å². The fourth-order valence-corrected chi connectivity index (χ4v) is 2.08. The number of hydrogen-bond acceptors (Lipinski definition) is 3. The molecule has 112 valence electrons. The molecule has 4 heteroatoms. The molecule has 1 amide bonds. The molecular formula is C16H25NO3. The maximum Gasteiger partial charge on any atom is 0.251 e. The van der Waals surface area contributed by atoms with Crippen LogP contribution in [-0.2, 0) is 11.3 Å². The molecule has 0 aromatic heterocycles. The van der Waals surface area contributed by atoms with Crippen molar-refractivity contribution >= 4 is 5.91 Å². The third kappa shape index (κ3) is 5.31. The summed E-state index contributed by atoms with van der Waals surface area (Å²) in [6, 6.07) is 7.46. The molecule has 0 spiro atoms. The van der Waals surface area contributed by atoms with E-state index >= 15 is 0 Å². The molecule has 0 radical (unpaired) electrons. The number of hydrogen-bond donors (Lipinski definition) is 2. The number of benzene rings is 1. The SMILES string of the molecule is COCc1ccccc1C(=O)NCC(C)(C)CCCO. The molecule has 20 heavy (non-hydrogen) atoms. The van der Waals surface area contributed by atoms with Crippen LogP contribution < -0.4 is 5.32 Å². The van der Waals surface area contributed by atoms with Gasteiger partial charge in [0.15, 0.2) is 0 Å². The summed E-state index contributed by atoms with van der Waals surface area (Å²) >= 11 is 0. The van der Waals surface area contributed by atoms with Crippen molar-refractivity contribution in [2.24, 2.45) is 5.41 Å². The normalized spacial score (nSPS) is 11.4. The third-order valence-corrected chi connectivity index (χ3v) is 3.30. The average molecular weight is 279 g/mol. The lowest BCUT2D eigenvalue weighted by Gasteiger charge is -2.24. The summed E-state index contributed by atoms with van der Waals surface area (Å²) in [5, 5.41) is 11.9. The molecule has 0 fully saturated rings. The predicted octanol–water partition coefficient (Wildman–Crippen LogP) is 2.36. The van der Waals surface area contributed by atoms with Gasteiger partial charge in [-0.15, -0.1) is 0 Å². The van der Waals surface area contributed by atoms with Crippen molar-refractivity contribution in [3.8, 4) is 0 Å². The van der Waals surface area contributed by atoms with Gasteiger partial charge in [-0.2, -0.15) is 0 Å². The average Bonchev–Trinajstić information content (AvgIpc) is 2.44. The minimum atomic E-state index is -0.0743. The molecule has 0 heterocycles. The Hall–Kier alpha value is -1.39. The highest BCUT2D eigenvalue weighted by Crippen LogP contribution is 2.21.